The highest BCUT2D eigenvalue weighted by Crippen LogP contribution is 1.97. The molecule has 3 nitrogen and oxygen atoms in total. The highest BCUT2D eigenvalue weighted by molar-refractivity contribution is 4.81. The quantitative estimate of drug-likeness (QED) is 0.388. The summed E-state index contributed by atoms with van der Waals surface area (Å²) in [4.78, 5) is 2.45. The van der Waals surface area contributed by atoms with Crippen LogP contribution in [0.4, 0.5) is 0 Å². The minimum absolute atomic E-state index is 0.807. The lowest BCUT2D eigenvalue weighted by molar-refractivity contribution is 0.107. The van der Waals surface area contributed by atoms with Gasteiger partial charge in [-0.1, -0.05) is 19.1 Å². The summed E-state index contributed by atoms with van der Waals surface area (Å²) in [6, 6.07) is 0. The molecule has 0 aliphatic heterocycles. The second-order valence-corrected chi connectivity index (χ2v) is 4.05. The monoisotopic (exact) mass is 243 g/mol. The molecule has 0 heterocycles. The van der Waals surface area contributed by atoms with Gasteiger partial charge in [-0.2, -0.15) is 0 Å². The molecule has 0 bridgehead atoms. The summed E-state index contributed by atoms with van der Waals surface area (Å²) >= 11 is 0. The molecule has 0 aliphatic carbocycles. The van der Waals surface area contributed by atoms with E-state index in [-0.39, 0.29) is 0 Å². The van der Waals surface area contributed by atoms with Crippen molar-refractivity contribution in [3.05, 3.63) is 12.2 Å². The highest BCUT2D eigenvalue weighted by Gasteiger charge is 2.03. The van der Waals surface area contributed by atoms with Gasteiger partial charge in [0, 0.05) is 40.0 Å². The Balaban J connectivity index is 3.71. The van der Waals surface area contributed by atoms with E-state index in [1.807, 2.05) is 6.92 Å². The molecule has 102 valence electrons. The van der Waals surface area contributed by atoms with Gasteiger partial charge >= 0.3 is 0 Å². The van der Waals surface area contributed by atoms with E-state index in [1.54, 1.807) is 7.11 Å². The third-order valence-corrected chi connectivity index (χ3v) is 2.59. The fourth-order valence-electron chi connectivity index (χ4n) is 1.65. The van der Waals surface area contributed by atoms with Crippen LogP contribution in [-0.2, 0) is 9.47 Å². The first kappa shape index (κ1) is 16.6. The van der Waals surface area contributed by atoms with Gasteiger partial charge in [0.15, 0.2) is 0 Å². The molecule has 0 fully saturated rings. The molecule has 0 aromatic carbocycles. The van der Waals surface area contributed by atoms with Gasteiger partial charge in [0.2, 0.25) is 0 Å². The molecular formula is C14H29NO2. The first-order valence-electron chi connectivity index (χ1n) is 6.79. The highest BCUT2D eigenvalue weighted by atomic mass is 16.5. The van der Waals surface area contributed by atoms with Gasteiger partial charge in [-0.05, 0) is 26.2 Å². The number of allylic oxidation sites excluding steroid dienone is 1. The normalized spacial score (nSPS) is 11.8. The van der Waals surface area contributed by atoms with Crippen molar-refractivity contribution in [2.75, 3.05) is 46.6 Å². The zero-order valence-electron chi connectivity index (χ0n) is 11.8. The van der Waals surface area contributed by atoms with Gasteiger partial charge < -0.3 is 14.4 Å². The Bertz CT molecular complexity index is 162. The zero-order chi connectivity index (χ0) is 12.8. The summed E-state index contributed by atoms with van der Waals surface area (Å²) in [5, 5.41) is 0. The first-order valence-corrected chi connectivity index (χ1v) is 6.79. The number of nitrogens with zero attached hydrogens (tertiary/aromatic N) is 1. The van der Waals surface area contributed by atoms with Crippen molar-refractivity contribution in [1.82, 2.24) is 4.90 Å². The first-order chi connectivity index (χ1) is 8.35. The number of hydrogen-bond donors (Lipinski definition) is 0. The fourth-order valence-corrected chi connectivity index (χ4v) is 1.65. The minimum Gasteiger partial charge on any atom is -0.385 e. The molecule has 0 aromatic rings. The molecule has 0 saturated heterocycles. The van der Waals surface area contributed by atoms with Gasteiger partial charge in [0.05, 0.1) is 6.61 Å². The van der Waals surface area contributed by atoms with Gasteiger partial charge in [-0.3, -0.25) is 0 Å². The molecule has 0 saturated carbocycles. The van der Waals surface area contributed by atoms with Crippen LogP contribution in [0, 0.1) is 0 Å². The van der Waals surface area contributed by atoms with Crippen LogP contribution in [0.25, 0.3) is 0 Å². The van der Waals surface area contributed by atoms with E-state index < -0.39 is 0 Å². The van der Waals surface area contributed by atoms with E-state index in [9.17, 15) is 0 Å². The third kappa shape index (κ3) is 11.9. The molecule has 0 unspecified atom stereocenters. The lowest BCUT2D eigenvalue weighted by Gasteiger charge is -2.21. The summed E-state index contributed by atoms with van der Waals surface area (Å²) in [5.74, 6) is 0. The fraction of sp³-hybridized carbons (Fsp3) is 0.857. The lowest BCUT2D eigenvalue weighted by Crippen LogP contribution is -2.30. The maximum absolute atomic E-state index is 5.41. The van der Waals surface area contributed by atoms with Crippen LogP contribution in [0.3, 0.4) is 0 Å². The Morgan fingerprint density at radius 2 is 1.82 bits per heavy atom. The van der Waals surface area contributed by atoms with Gasteiger partial charge in [0.1, 0.15) is 0 Å². The molecule has 0 rings (SSSR count). The largest absolute Gasteiger partial charge is 0.385 e. The molecule has 0 aromatic heterocycles. The van der Waals surface area contributed by atoms with Gasteiger partial charge in [-0.15, -0.1) is 0 Å². The smallest absolute Gasteiger partial charge is 0.0593 e. The van der Waals surface area contributed by atoms with E-state index >= 15 is 0 Å². The van der Waals surface area contributed by atoms with Crippen molar-refractivity contribution in [2.45, 2.75) is 33.1 Å². The van der Waals surface area contributed by atoms with E-state index in [0.717, 1.165) is 58.7 Å². The van der Waals surface area contributed by atoms with E-state index in [4.69, 9.17) is 9.47 Å². The Morgan fingerprint density at radius 3 is 2.47 bits per heavy atom. The molecule has 17 heavy (non-hydrogen) atoms. The summed E-state index contributed by atoms with van der Waals surface area (Å²) < 4.78 is 10.5. The average Bonchev–Trinajstić information content (AvgIpc) is 2.34. The average molecular weight is 243 g/mol. The van der Waals surface area contributed by atoms with Crippen LogP contribution in [0.5, 0.6) is 0 Å². The van der Waals surface area contributed by atoms with Crippen molar-refractivity contribution in [3.8, 4) is 0 Å². The Labute approximate surface area is 107 Å². The molecule has 0 radical (unpaired) electrons. The van der Waals surface area contributed by atoms with Crippen LogP contribution in [-0.4, -0.2) is 51.5 Å². The second kappa shape index (κ2) is 13.7. The van der Waals surface area contributed by atoms with Crippen LogP contribution in [0.2, 0.25) is 0 Å². The number of methoxy groups -OCH3 is 1. The summed E-state index contributed by atoms with van der Waals surface area (Å²) in [6.45, 7) is 9.94. The maximum Gasteiger partial charge on any atom is 0.0593 e. The lowest BCUT2D eigenvalue weighted by atomic mass is 10.3. The van der Waals surface area contributed by atoms with E-state index in [1.165, 1.54) is 0 Å². The van der Waals surface area contributed by atoms with Crippen LogP contribution in [0.1, 0.15) is 33.1 Å². The van der Waals surface area contributed by atoms with E-state index in [2.05, 4.69) is 24.0 Å². The molecular weight excluding hydrogens is 214 g/mol. The Morgan fingerprint density at radius 1 is 1.00 bits per heavy atom. The number of ether oxygens (including phenoxy) is 2. The molecule has 0 atom stereocenters. The Kier molecular flexibility index (Phi) is 13.4. The second-order valence-electron chi connectivity index (χ2n) is 4.05. The molecule has 3 heteroatoms. The van der Waals surface area contributed by atoms with Crippen LogP contribution < -0.4 is 0 Å². The molecule has 0 N–H and O–H groups in total. The SMILES string of the molecule is CC/C=C\CCN(CCCOC)CCOCC. The van der Waals surface area contributed by atoms with Crippen molar-refractivity contribution < 1.29 is 9.47 Å². The van der Waals surface area contributed by atoms with Gasteiger partial charge in [0.25, 0.3) is 0 Å². The zero-order valence-corrected chi connectivity index (χ0v) is 11.8. The van der Waals surface area contributed by atoms with Crippen LogP contribution in [0.15, 0.2) is 12.2 Å². The summed E-state index contributed by atoms with van der Waals surface area (Å²) in [5.41, 5.74) is 0. The summed E-state index contributed by atoms with van der Waals surface area (Å²) in [6.07, 6.45) is 7.86. The topological polar surface area (TPSA) is 21.7 Å². The van der Waals surface area contributed by atoms with E-state index in [0.29, 0.717) is 0 Å². The van der Waals surface area contributed by atoms with Crippen LogP contribution >= 0.6 is 0 Å². The molecule has 0 aliphatic rings. The van der Waals surface area contributed by atoms with Crippen molar-refractivity contribution in [1.29, 1.82) is 0 Å². The predicted octanol–water partition coefficient (Wildman–Crippen LogP) is 2.72. The standard InChI is InChI=1S/C14H29NO2/c1-4-6-7-8-10-15(11-9-13-16-3)12-14-17-5-2/h6-7H,4-5,8-14H2,1-3H3/b7-6-. The van der Waals surface area contributed by atoms with Crippen molar-refractivity contribution in [2.24, 2.45) is 0 Å². The molecule has 0 spiro atoms. The third-order valence-electron chi connectivity index (χ3n) is 2.59. The van der Waals surface area contributed by atoms with Crippen molar-refractivity contribution >= 4 is 0 Å². The number of rotatable bonds is 12. The number of hydrogen-bond acceptors (Lipinski definition) is 3. The summed E-state index contributed by atoms with van der Waals surface area (Å²) in [7, 11) is 1.76. The minimum atomic E-state index is 0.807. The predicted molar refractivity (Wildman–Crippen MR) is 73.5 cm³/mol. The Hall–Kier alpha value is -0.380. The molecule has 0 amide bonds. The van der Waals surface area contributed by atoms with Crippen molar-refractivity contribution in [3.63, 3.8) is 0 Å². The van der Waals surface area contributed by atoms with Gasteiger partial charge in [-0.25, -0.2) is 0 Å². The maximum atomic E-state index is 5.41.